The number of nitrogens with zero attached hydrogens (tertiary/aromatic N) is 2. The predicted molar refractivity (Wildman–Crippen MR) is 116 cm³/mol. The molecule has 0 saturated carbocycles. The van der Waals surface area contributed by atoms with Crippen LogP contribution in [0.1, 0.15) is 34.5 Å². The summed E-state index contributed by atoms with van der Waals surface area (Å²) in [5, 5.41) is 23.3. The van der Waals surface area contributed by atoms with Crippen molar-refractivity contribution in [1.29, 1.82) is 0 Å². The molecule has 2 heterocycles. The normalized spacial score (nSPS) is 18.8. The molecular formula is C24H16N2O6. The molecule has 32 heavy (non-hydrogen) atoms. The average Bonchev–Trinajstić information content (AvgIpc) is 2.82. The minimum atomic E-state index is -0.896. The summed E-state index contributed by atoms with van der Waals surface area (Å²) in [7, 11) is 0. The fourth-order valence-corrected chi connectivity index (χ4v) is 3.88. The molecule has 0 amide bonds. The molecule has 0 bridgehead atoms. The zero-order valence-electron chi connectivity index (χ0n) is 16.6. The molecule has 0 fully saturated rings. The van der Waals surface area contributed by atoms with E-state index in [0.717, 1.165) is 0 Å². The smallest absolute Gasteiger partial charge is 0.291 e. The number of para-hydroxylation sites is 2. The monoisotopic (exact) mass is 428 g/mol. The Morgan fingerprint density at radius 1 is 0.594 bits per heavy atom. The summed E-state index contributed by atoms with van der Waals surface area (Å²) in [5.41, 5.74) is 2.25. The van der Waals surface area contributed by atoms with Crippen LogP contribution in [-0.4, -0.2) is 9.85 Å². The van der Waals surface area contributed by atoms with Crippen molar-refractivity contribution >= 4 is 12.2 Å². The molecule has 0 N–H and O–H groups in total. The molecule has 0 spiro atoms. The third-order valence-electron chi connectivity index (χ3n) is 5.44. The molecule has 2 aliphatic heterocycles. The second-order valence-corrected chi connectivity index (χ2v) is 7.39. The molecule has 0 aliphatic carbocycles. The summed E-state index contributed by atoms with van der Waals surface area (Å²) in [6.45, 7) is 0. The highest BCUT2D eigenvalue weighted by molar-refractivity contribution is 5.63. The maximum Gasteiger partial charge on any atom is 0.291 e. The van der Waals surface area contributed by atoms with Gasteiger partial charge in [0.2, 0.25) is 12.2 Å². The van der Waals surface area contributed by atoms with Crippen LogP contribution in [0.2, 0.25) is 0 Å². The van der Waals surface area contributed by atoms with Crippen LogP contribution in [-0.2, 0) is 0 Å². The van der Waals surface area contributed by atoms with E-state index < -0.39 is 22.1 Å². The molecule has 8 nitrogen and oxygen atoms in total. The van der Waals surface area contributed by atoms with Crippen molar-refractivity contribution in [3.05, 3.63) is 127 Å². The largest absolute Gasteiger partial charge is 0.474 e. The Hall–Kier alpha value is -4.46. The van der Waals surface area contributed by atoms with Gasteiger partial charge < -0.3 is 9.47 Å². The lowest BCUT2D eigenvalue weighted by Crippen LogP contribution is -2.21. The van der Waals surface area contributed by atoms with E-state index in [1.54, 1.807) is 72.8 Å². The molecule has 3 aromatic rings. The van der Waals surface area contributed by atoms with Crippen LogP contribution in [0.4, 0.5) is 0 Å². The van der Waals surface area contributed by atoms with Crippen molar-refractivity contribution in [2.24, 2.45) is 0 Å². The summed E-state index contributed by atoms with van der Waals surface area (Å²) in [6.07, 6.45) is 1.22. The first-order valence-corrected chi connectivity index (χ1v) is 9.84. The van der Waals surface area contributed by atoms with Gasteiger partial charge in [-0.1, -0.05) is 60.7 Å². The molecule has 8 heteroatoms. The van der Waals surface area contributed by atoms with Crippen LogP contribution in [0.5, 0.6) is 11.5 Å². The second-order valence-electron chi connectivity index (χ2n) is 7.39. The Morgan fingerprint density at radius 2 is 0.969 bits per heavy atom. The summed E-state index contributed by atoms with van der Waals surface area (Å²) in [5.74, 6) is 1.11. The number of benzene rings is 3. The molecule has 3 aromatic carbocycles. The Balaban J connectivity index is 1.48. The van der Waals surface area contributed by atoms with Crippen molar-refractivity contribution < 1.29 is 19.3 Å². The van der Waals surface area contributed by atoms with E-state index in [4.69, 9.17) is 9.47 Å². The number of rotatable bonds is 4. The van der Waals surface area contributed by atoms with Gasteiger partial charge in [-0.15, -0.1) is 0 Å². The number of hydrogen-bond acceptors (Lipinski definition) is 6. The molecule has 158 valence electrons. The number of nitro groups is 2. The first-order chi connectivity index (χ1) is 15.5. The first-order valence-electron chi connectivity index (χ1n) is 9.84. The Morgan fingerprint density at radius 3 is 1.34 bits per heavy atom. The highest BCUT2D eigenvalue weighted by atomic mass is 16.6. The van der Waals surface area contributed by atoms with Gasteiger partial charge in [0.25, 0.3) is 11.4 Å². The maximum absolute atomic E-state index is 11.7. The van der Waals surface area contributed by atoms with E-state index in [1.807, 2.05) is 0 Å². The Bertz CT molecular complexity index is 1200. The SMILES string of the molecule is O=[N+]([O-])C1=Cc2ccccc2OC1c1ccc(C2Oc3ccccc3C=C2[N+](=O)[O-])cc1. The minimum absolute atomic E-state index is 0.0785. The van der Waals surface area contributed by atoms with Crippen LogP contribution in [0, 0.1) is 20.2 Å². The van der Waals surface area contributed by atoms with Gasteiger partial charge in [0.05, 0.1) is 9.85 Å². The molecule has 2 atom stereocenters. The first kappa shape index (κ1) is 19.5. The second kappa shape index (κ2) is 7.66. The van der Waals surface area contributed by atoms with Crippen LogP contribution < -0.4 is 9.47 Å². The Kier molecular flexibility index (Phi) is 4.67. The van der Waals surface area contributed by atoms with E-state index in [1.165, 1.54) is 12.2 Å². The van der Waals surface area contributed by atoms with Crippen molar-refractivity contribution in [2.45, 2.75) is 12.2 Å². The van der Waals surface area contributed by atoms with E-state index >= 15 is 0 Å². The summed E-state index contributed by atoms with van der Waals surface area (Å²) in [6, 6.07) is 20.9. The van der Waals surface area contributed by atoms with Gasteiger partial charge in [-0.3, -0.25) is 20.2 Å². The van der Waals surface area contributed by atoms with Crippen molar-refractivity contribution in [2.75, 3.05) is 0 Å². The third-order valence-corrected chi connectivity index (χ3v) is 5.44. The molecular weight excluding hydrogens is 412 g/mol. The standard InChI is InChI=1S/C24H16N2O6/c27-25(28)19-13-17-5-1-3-7-21(17)31-23(19)15-9-11-16(12-10-15)24-20(26(29)30)14-18-6-2-4-8-22(18)32-24/h1-14,23-24H. The average molecular weight is 428 g/mol. The molecule has 5 rings (SSSR count). The lowest BCUT2D eigenvalue weighted by Gasteiger charge is -2.24. The fourth-order valence-electron chi connectivity index (χ4n) is 3.88. The Labute approximate surface area is 182 Å². The summed E-state index contributed by atoms with van der Waals surface area (Å²) >= 11 is 0. The van der Waals surface area contributed by atoms with Crippen LogP contribution in [0.25, 0.3) is 12.2 Å². The predicted octanol–water partition coefficient (Wildman–Crippen LogP) is 5.19. The molecule has 2 aliphatic rings. The lowest BCUT2D eigenvalue weighted by molar-refractivity contribution is -0.434. The van der Waals surface area contributed by atoms with Crippen molar-refractivity contribution in [3.8, 4) is 11.5 Å². The zero-order valence-corrected chi connectivity index (χ0v) is 16.6. The highest BCUT2D eigenvalue weighted by Crippen LogP contribution is 2.40. The zero-order chi connectivity index (χ0) is 22.2. The maximum atomic E-state index is 11.7. The molecule has 0 radical (unpaired) electrons. The number of hydrogen-bond donors (Lipinski definition) is 0. The van der Waals surface area contributed by atoms with Gasteiger partial charge in [-0.25, -0.2) is 0 Å². The molecule has 0 aromatic heterocycles. The van der Waals surface area contributed by atoms with Gasteiger partial charge in [0.15, 0.2) is 0 Å². The molecule has 0 saturated heterocycles. The van der Waals surface area contributed by atoms with E-state index in [0.29, 0.717) is 33.8 Å². The molecule has 2 unspecified atom stereocenters. The van der Waals surface area contributed by atoms with Gasteiger partial charge >= 0.3 is 0 Å². The topological polar surface area (TPSA) is 105 Å². The third kappa shape index (κ3) is 3.37. The van der Waals surface area contributed by atoms with Crippen molar-refractivity contribution in [3.63, 3.8) is 0 Å². The van der Waals surface area contributed by atoms with Gasteiger partial charge in [-0.2, -0.15) is 0 Å². The fraction of sp³-hybridized carbons (Fsp3) is 0.0833. The number of fused-ring (bicyclic) bond motifs is 2. The van der Waals surface area contributed by atoms with Crippen LogP contribution >= 0.6 is 0 Å². The van der Waals surface area contributed by atoms with Gasteiger partial charge in [0, 0.05) is 34.4 Å². The van der Waals surface area contributed by atoms with Crippen LogP contribution in [0.15, 0.2) is 84.2 Å². The van der Waals surface area contributed by atoms with Crippen LogP contribution in [0.3, 0.4) is 0 Å². The van der Waals surface area contributed by atoms with Crippen molar-refractivity contribution in [1.82, 2.24) is 0 Å². The van der Waals surface area contributed by atoms with E-state index in [-0.39, 0.29) is 11.4 Å². The summed E-state index contributed by atoms with van der Waals surface area (Å²) in [4.78, 5) is 22.4. The lowest BCUT2D eigenvalue weighted by atomic mass is 9.97. The van der Waals surface area contributed by atoms with Gasteiger partial charge in [0.1, 0.15) is 11.5 Å². The minimum Gasteiger partial charge on any atom is -0.474 e. The number of ether oxygens (including phenoxy) is 2. The highest BCUT2D eigenvalue weighted by Gasteiger charge is 2.35. The van der Waals surface area contributed by atoms with Gasteiger partial charge in [-0.05, 0) is 12.1 Å². The van der Waals surface area contributed by atoms with E-state index in [9.17, 15) is 20.2 Å². The summed E-state index contributed by atoms with van der Waals surface area (Å²) < 4.78 is 11.8. The quantitative estimate of drug-likeness (QED) is 0.418. The van der Waals surface area contributed by atoms with E-state index in [2.05, 4.69) is 0 Å².